The average molecular weight is 349 g/mol. The lowest BCUT2D eigenvalue weighted by Gasteiger charge is -2.23. The molecular weight excluding hydrogens is 324 g/mol. The SMILES string of the molecule is CNC(C(=O)N1CCC(c2ccccc2C)C1)c1cnn(C)c1.Cl. The van der Waals surface area contributed by atoms with Crippen LogP contribution in [-0.4, -0.2) is 40.7 Å². The number of rotatable bonds is 4. The van der Waals surface area contributed by atoms with Crippen molar-refractivity contribution >= 4 is 18.3 Å². The van der Waals surface area contributed by atoms with Crippen molar-refractivity contribution in [1.82, 2.24) is 20.0 Å². The third kappa shape index (κ3) is 3.62. The number of likely N-dealkylation sites (N-methyl/N-ethyl adjacent to an activating group) is 1. The van der Waals surface area contributed by atoms with Gasteiger partial charge in [0.25, 0.3) is 0 Å². The van der Waals surface area contributed by atoms with Crippen LogP contribution in [0.3, 0.4) is 0 Å². The molecule has 2 heterocycles. The van der Waals surface area contributed by atoms with E-state index in [1.165, 1.54) is 11.1 Å². The predicted molar refractivity (Wildman–Crippen MR) is 97.4 cm³/mol. The van der Waals surface area contributed by atoms with Crippen molar-refractivity contribution in [2.75, 3.05) is 20.1 Å². The lowest BCUT2D eigenvalue weighted by Crippen LogP contribution is -2.38. The zero-order chi connectivity index (χ0) is 16.4. The number of carbonyl (C=O) groups is 1. The highest BCUT2D eigenvalue weighted by atomic mass is 35.5. The minimum absolute atomic E-state index is 0. The topological polar surface area (TPSA) is 50.2 Å². The smallest absolute Gasteiger partial charge is 0.244 e. The molecule has 0 spiro atoms. The first-order chi connectivity index (χ1) is 11.1. The maximum Gasteiger partial charge on any atom is 0.244 e. The van der Waals surface area contributed by atoms with Crippen molar-refractivity contribution in [3.8, 4) is 0 Å². The summed E-state index contributed by atoms with van der Waals surface area (Å²) in [5.74, 6) is 0.572. The Balaban J connectivity index is 0.00000208. The van der Waals surface area contributed by atoms with Gasteiger partial charge in [-0.25, -0.2) is 0 Å². The van der Waals surface area contributed by atoms with Gasteiger partial charge in [0.15, 0.2) is 0 Å². The maximum absolute atomic E-state index is 12.9. The van der Waals surface area contributed by atoms with Gasteiger partial charge in [-0.1, -0.05) is 24.3 Å². The lowest BCUT2D eigenvalue weighted by molar-refractivity contribution is -0.132. The molecule has 1 aliphatic heterocycles. The molecule has 0 radical (unpaired) electrons. The summed E-state index contributed by atoms with van der Waals surface area (Å²) in [5.41, 5.74) is 3.59. The number of nitrogens with one attached hydrogen (secondary N) is 1. The van der Waals surface area contributed by atoms with E-state index in [1.54, 1.807) is 10.9 Å². The van der Waals surface area contributed by atoms with Gasteiger partial charge in [0.1, 0.15) is 6.04 Å². The molecule has 6 heteroatoms. The summed E-state index contributed by atoms with van der Waals surface area (Å²) in [6.45, 7) is 3.75. The van der Waals surface area contributed by atoms with Crippen LogP contribution in [0.1, 0.15) is 35.1 Å². The van der Waals surface area contributed by atoms with Crippen molar-refractivity contribution in [2.45, 2.75) is 25.3 Å². The fourth-order valence-corrected chi connectivity index (χ4v) is 3.46. The van der Waals surface area contributed by atoms with Crippen molar-refractivity contribution in [2.24, 2.45) is 7.05 Å². The number of nitrogens with zero attached hydrogens (tertiary/aromatic N) is 3. The molecule has 2 aromatic rings. The van der Waals surface area contributed by atoms with Crippen molar-refractivity contribution < 1.29 is 4.79 Å². The highest BCUT2D eigenvalue weighted by Crippen LogP contribution is 2.30. The van der Waals surface area contributed by atoms with Gasteiger partial charge in [-0.15, -0.1) is 12.4 Å². The van der Waals surface area contributed by atoms with Crippen molar-refractivity contribution in [3.05, 3.63) is 53.3 Å². The second-order valence-corrected chi connectivity index (χ2v) is 6.30. The highest BCUT2D eigenvalue weighted by molar-refractivity contribution is 5.85. The largest absolute Gasteiger partial charge is 0.340 e. The fourth-order valence-electron chi connectivity index (χ4n) is 3.46. The molecule has 3 rings (SSSR count). The van der Waals surface area contributed by atoms with Crippen LogP contribution in [0, 0.1) is 6.92 Å². The molecule has 2 atom stereocenters. The highest BCUT2D eigenvalue weighted by Gasteiger charge is 2.32. The molecule has 1 N–H and O–H groups in total. The van der Waals surface area contributed by atoms with Gasteiger partial charge in [0.05, 0.1) is 6.20 Å². The van der Waals surface area contributed by atoms with E-state index in [0.717, 1.165) is 25.1 Å². The van der Waals surface area contributed by atoms with Crippen molar-refractivity contribution in [3.63, 3.8) is 0 Å². The van der Waals surface area contributed by atoms with E-state index in [0.29, 0.717) is 5.92 Å². The first kappa shape index (κ1) is 18.5. The van der Waals surface area contributed by atoms with Crippen molar-refractivity contribution in [1.29, 1.82) is 0 Å². The summed E-state index contributed by atoms with van der Waals surface area (Å²) >= 11 is 0. The molecule has 1 aromatic carbocycles. The van der Waals surface area contributed by atoms with Crippen LogP contribution in [-0.2, 0) is 11.8 Å². The monoisotopic (exact) mass is 348 g/mol. The van der Waals surface area contributed by atoms with Gasteiger partial charge >= 0.3 is 0 Å². The Morgan fingerprint density at radius 3 is 2.75 bits per heavy atom. The molecule has 0 aliphatic carbocycles. The summed E-state index contributed by atoms with van der Waals surface area (Å²) in [4.78, 5) is 14.9. The molecule has 1 aromatic heterocycles. The first-order valence-electron chi connectivity index (χ1n) is 8.10. The van der Waals surface area contributed by atoms with Gasteiger partial charge in [-0.2, -0.15) is 5.10 Å². The minimum Gasteiger partial charge on any atom is -0.340 e. The minimum atomic E-state index is -0.320. The number of hydrogen-bond donors (Lipinski definition) is 1. The van der Waals surface area contributed by atoms with Gasteiger partial charge < -0.3 is 10.2 Å². The predicted octanol–water partition coefficient (Wildman–Crippen LogP) is 2.43. The van der Waals surface area contributed by atoms with E-state index >= 15 is 0 Å². The third-order valence-electron chi connectivity index (χ3n) is 4.72. The zero-order valence-corrected chi connectivity index (χ0v) is 15.2. The number of halogens is 1. The van der Waals surface area contributed by atoms with E-state index in [-0.39, 0.29) is 24.4 Å². The number of carbonyl (C=O) groups excluding carboxylic acids is 1. The van der Waals surface area contributed by atoms with Crippen LogP contribution in [0.25, 0.3) is 0 Å². The maximum atomic E-state index is 12.9. The third-order valence-corrected chi connectivity index (χ3v) is 4.72. The number of benzene rings is 1. The summed E-state index contributed by atoms with van der Waals surface area (Å²) < 4.78 is 1.73. The molecular formula is C18H25ClN4O. The summed E-state index contributed by atoms with van der Waals surface area (Å²) in [6, 6.07) is 8.16. The van der Waals surface area contributed by atoms with Gasteiger partial charge in [0, 0.05) is 37.8 Å². The molecule has 1 saturated heterocycles. The van der Waals surface area contributed by atoms with Gasteiger partial charge in [-0.3, -0.25) is 9.48 Å². The molecule has 130 valence electrons. The molecule has 0 saturated carbocycles. The van der Waals surface area contributed by atoms with Gasteiger partial charge in [0.2, 0.25) is 5.91 Å². The zero-order valence-electron chi connectivity index (χ0n) is 14.4. The molecule has 1 aliphatic rings. The summed E-state index contributed by atoms with van der Waals surface area (Å²) in [7, 11) is 3.69. The van der Waals surface area contributed by atoms with Gasteiger partial charge in [-0.05, 0) is 31.5 Å². The Hall–Kier alpha value is -1.85. The van der Waals surface area contributed by atoms with Crippen LogP contribution in [0.15, 0.2) is 36.7 Å². The van der Waals surface area contributed by atoms with Crippen LogP contribution in [0.4, 0.5) is 0 Å². The Kier molecular flexibility index (Phi) is 6.02. The second-order valence-electron chi connectivity index (χ2n) is 6.30. The fraction of sp³-hybridized carbons (Fsp3) is 0.444. The average Bonchev–Trinajstić information content (AvgIpc) is 3.18. The standard InChI is InChI=1S/C18H24N4O.ClH/c1-13-6-4-5-7-16(13)14-8-9-22(12-14)18(23)17(19-2)15-10-20-21(3)11-15;/h4-7,10-11,14,17,19H,8-9,12H2,1-3H3;1H. The van der Waals surface area contributed by atoms with Crippen LogP contribution >= 0.6 is 12.4 Å². The van der Waals surface area contributed by atoms with Crippen LogP contribution in [0.5, 0.6) is 0 Å². The molecule has 5 nitrogen and oxygen atoms in total. The Bertz CT molecular complexity index is 700. The van der Waals surface area contributed by atoms with E-state index in [2.05, 4.69) is 41.6 Å². The summed E-state index contributed by atoms with van der Waals surface area (Å²) in [6.07, 6.45) is 4.68. The van der Waals surface area contributed by atoms with E-state index < -0.39 is 0 Å². The molecule has 0 bridgehead atoms. The quantitative estimate of drug-likeness (QED) is 0.923. The summed E-state index contributed by atoms with van der Waals surface area (Å²) in [5, 5.41) is 7.30. The first-order valence-corrected chi connectivity index (χ1v) is 8.10. The second kappa shape index (κ2) is 7.81. The molecule has 24 heavy (non-hydrogen) atoms. The number of likely N-dealkylation sites (tertiary alicyclic amines) is 1. The van der Waals surface area contributed by atoms with Crippen LogP contribution in [0.2, 0.25) is 0 Å². The van der Waals surface area contributed by atoms with E-state index in [1.807, 2.05) is 25.2 Å². The lowest BCUT2D eigenvalue weighted by atomic mass is 9.94. The van der Waals surface area contributed by atoms with Crippen LogP contribution < -0.4 is 5.32 Å². The van der Waals surface area contributed by atoms with E-state index in [9.17, 15) is 4.79 Å². The number of aryl methyl sites for hydroxylation is 2. The number of aromatic nitrogens is 2. The molecule has 1 amide bonds. The molecule has 1 fully saturated rings. The number of amides is 1. The Morgan fingerprint density at radius 1 is 1.38 bits per heavy atom. The Labute approximate surface area is 149 Å². The normalized spacial score (nSPS) is 18.3. The Morgan fingerprint density at radius 2 is 2.12 bits per heavy atom. The number of hydrogen-bond acceptors (Lipinski definition) is 3. The van der Waals surface area contributed by atoms with E-state index in [4.69, 9.17) is 0 Å². The molecule has 2 unspecified atom stereocenters.